The Bertz CT molecular complexity index is 635. The maximum atomic E-state index is 12.1. The number of ketones is 1. The van der Waals surface area contributed by atoms with Gasteiger partial charge < -0.3 is 4.43 Å². The summed E-state index contributed by atoms with van der Waals surface area (Å²) in [6.07, 6.45) is 11.4. The van der Waals surface area contributed by atoms with Gasteiger partial charge in [-0.3, -0.25) is 4.79 Å². The highest BCUT2D eigenvalue weighted by atomic mass is 28.4. The molecule has 0 aromatic heterocycles. The van der Waals surface area contributed by atoms with E-state index in [1.807, 2.05) is 0 Å². The van der Waals surface area contributed by atoms with Crippen LogP contribution in [-0.2, 0) is 9.22 Å². The number of hydrogen-bond acceptors (Lipinski definition) is 2. The summed E-state index contributed by atoms with van der Waals surface area (Å²) in [6.45, 7) is 17.1. The number of carbonyl (C=O) groups excluding carboxylic acids is 1. The third-order valence-corrected chi connectivity index (χ3v) is 15.1. The van der Waals surface area contributed by atoms with Gasteiger partial charge in [0.1, 0.15) is 5.78 Å². The van der Waals surface area contributed by atoms with E-state index in [1.165, 1.54) is 38.5 Å². The van der Waals surface area contributed by atoms with E-state index in [0.717, 1.165) is 37.0 Å². The van der Waals surface area contributed by atoms with Gasteiger partial charge in [0, 0.05) is 12.8 Å². The fraction of sp³-hybridized carbons (Fsp3) is 0.960. The Labute approximate surface area is 174 Å². The van der Waals surface area contributed by atoms with Crippen LogP contribution in [0.2, 0.25) is 18.1 Å². The summed E-state index contributed by atoms with van der Waals surface area (Å²) in [4.78, 5) is 12.1. The molecule has 4 rings (SSSR count). The lowest BCUT2D eigenvalue weighted by Gasteiger charge is -2.60. The van der Waals surface area contributed by atoms with Crippen LogP contribution in [0.1, 0.15) is 92.4 Å². The van der Waals surface area contributed by atoms with Gasteiger partial charge in [0.05, 0.1) is 6.10 Å². The summed E-state index contributed by atoms with van der Waals surface area (Å²) in [5.74, 6) is 3.77. The number of Topliss-reactive ketones (excluding diaryl/α,β-unsaturated/α-hetero) is 1. The number of carbonyl (C=O) groups is 1. The first-order valence-corrected chi connectivity index (χ1v) is 15.0. The Hall–Kier alpha value is -0.153. The molecule has 0 heterocycles. The predicted octanol–water partition coefficient (Wildman–Crippen LogP) is 6.99. The van der Waals surface area contributed by atoms with E-state index < -0.39 is 8.32 Å². The van der Waals surface area contributed by atoms with E-state index in [-0.39, 0.29) is 0 Å². The van der Waals surface area contributed by atoms with Crippen molar-refractivity contribution in [1.82, 2.24) is 0 Å². The average molecular weight is 405 g/mol. The minimum atomic E-state index is -1.72. The molecule has 4 aliphatic carbocycles. The zero-order chi connectivity index (χ0) is 20.5. The molecule has 0 saturated heterocycles. The van der Waals surface area contributed by atoms with E-state index in [2.05, 4.69) is 47.7 Å². The predicted molar refractivity (Wildman–Crippen MR) is 119 cm³/mol. The molecule has 0 bridgehead atoms. The molecule has 0 aromatic carbocycles. The second-order valence-electron chi connectivity index (χ2n) is 12.9. The maximum absolute atomic E-state index is 12.1. The highest BCUT2D eigenvalue weighted by Crippen LogP contribution is 2.66. The first-order valence-electron chi connectivity index (χ1n) is 12.1. The van der Waals surface area contributed by atoms with Gasteiger partial charge in [0.25, 0.3) is 0 Å². The molecule has 28 heavy (non-hydrogen) atoms. The van der Waals surface area contributed by atoms with E-state index in [9.17, 15) is 4.79 Å². The minimum Gasteiger partial charge on any atom is -0.413 e. The SMILES string of the molecule is CC12CCC(=O)CC1CCC1C2CCC2(C)C(O[Si](C)(C)C(C)(C)C)CCC12. The van der Waals surface area contributed by atoms with Gasteiger partial charge in [-0.15, -0.1) is 0 Å². The summed E-state index contributed by atoms with van der Waals surface area (Å²) in [6, 6.07) is 0. The van der Waals surface area contributed by atoms with Gasteiger partial charge in [-0.2, -0.15) is 0 Å². The third-order valence-electron chi connectivity index (χ3n) is 10.6. The summed E-state index contributed by atoms with van der Waals surface area (Å²) in [5, 5.41) is 0.290. The quantitative estimate of drug-likeness (QED) is 0.464. The first-order chi connectivity index (χ1) is 12.9. The zero-order valence-corrected chi connectivity index (χ0v) is 20.6. The molecule has 4 aliphatic rings. The highest BCUT2D eigenvalue weighted by Gasteiger charge is 2.61. The molecule has 7 unspecified atom stereocenters. The molecule has 3 heteroatoms. The van der Waals surface area contributed by atoms with Crippen molar-refractivity contribution in [3.63, 3.8) is 0 Å². The van der Waals surface area contributed by atoms with E-state index >= 15 is 0 Å². The van der Waals surface area contributed by atoms with Crippen LogP contribution in [0.3, 0.4) is 0 Å². The molecule has 160 valence electrons. The monoisotopic (exact) mass is 404 g/mol. The molecule has 7 atom stereocenters. The molecular formula is C25H44O2Si. The van der Waals surface area contributed by atoms with Crippen molar-refractivity contribution in [1.29, 1.82) is 0 Å². The van der Waals surface area contributed by atoms with E-state index in [4.69, 9.17) is 4.43 Å². The largest absolute Gasteiger partial charge is 0.413 e. The minimum absolute atomic E-state index is 0.290. The zero-order valence-electron chi connectivity index (χ0n) is 19.6. The molecule has 0 aliphatic heterocycles. The van der Waals surface area contributed by atoms with Gasteiger partial charge in [-0.05, 0) is 97.6 Å². The summed E-state index contributed by atoms with van der Waals surface area (Å²) < 4.78 is 7.06. The number of rotatable bonds is 2. The van der Waals surface area contributed by atoms with Crippen LogP contribution >= 0.6 is 0 Å². The van der Waals surface area contributed by atoms with Crippen molar-refractivity contribution in [3.8, 4) is 0 Å². The topological polar surface area (TPSA) is 26.3 Å². The lowest BCUT2D eigenvalue weighted by Crippen LogP contribution is -2.55. The van der Waals surface area contributed by atoms with Crippen molar-refractivity contribution in [2.75, 3.05) is 0 Å². The van der Waals surface area contributed by atoms with E-state index in [0.29, 0.717) is 33.7 Å². The normalized spacial score (nSPS) is 46.7. The maximum Gasteiger partial charge on any atom is 0.192 e. The second kappa shape index (κ2) is 6.67. The molecule has 0 amide bonds. The van der Waals surface area contributed by atoms with Crippen molar-refractivity contribution in [3.05, 3.63) is 0 Å². The Morgan fingerprint density at radius 2 is 1.61 bits per heavy atom. The fourth-order valence-corrected chi connectivity index (χ4v) is 9.18. The van der Waals surface area contributed by atoms with Crippen LogP contribution in [0.15, 0.2) is 0 Å². The Morgan fingerprint density at radius 1 is 0.929 bits per heavy atom. The molecule has 4 fully saturated rings. The molecule has 0 spiro atoms. The Kier molecular flexibility index (Phi) is 5.03. The number of hydrogen-bond donors (Lipinski definition) is 0. The van der Waals surface area contributed by atoms with Crippen molar-refractivity contribution >= 4 is 14.1 Å². The Morgan fingerprint density at radius 3 is 2.29 bits per heavy atom. The van der Waals surface area contributed by atoms with Crippen LogP contribution < -0.4 is 0 Å². The molecule has 0 radical (unpaired) electrons. The van der Waals surface area contributed by atoms with Crippen LogP contribution in [0.25, 0.3) is 0 Å². The molecule has 0 N–H and O–H groups in total. The van der Waals surface area contributed by atoms with Crippen LogP contribution in [0.4, 0.5) is 0 Å². The standard InChI is InChI=1S/C25H44O2Si/c1-23(2,3)28(6,7)27-22-11-10-20-19-9-8-17-16-18(26)12-14-24(17,4)21(19)13-15-25(20,22)5/h17,19-22H,8-16H2,1-7H3. The van der Waals surface area contributed by atoms with Gasteiger partial charge in [-0.1, -0.05) is 34.6 Å². The van der Waals surface area contributed by atoms with Gasteiger partial charge in [0.15, 0.2) is 8.32 Å². The summed E-state index contributed by atoms with van der Waals surface area (Å²) in [7, 11) is -1.72. The molecular weight excluding hydrogens is 360 g/mol. The van der Waals surface area contributed by atoms with Gasteiger partial charge in [0.2, 0.25) is 0 Å². The first kappa shape index (κ1) is 21.1. The van der Waals surface area contributed by atoms with Crippen LogP contribution in [0, 0.1) is 34.5 Å². The Balaban J connectivity index is 1.55. The summed E-state index contributed by atoms with van der Waals surface area (Å²) in [5.41, 5.74) is 0.806. The summed E-state index contributed by atoms with van der Waals surface area (Å²) >= 11 is 0. The lowest BCUT2D eigenvalue weighted by molar-refractivity contribution is -0.141. The fourth-order valence-electron chi connectivity index (χ4n) is 7.72. The van der Waals surface area contributed by atoms with Gasteiger partial charge >= 0.3 is 0 Å². The van der Waals surface area contributed by atoms with Crippen molar-refractivity contribution in [2.45, 2.75) is 117 Å². The molecule has 2 nitrogen and oxygen atoms in total. The average Bonchev–Trinajstić information content (AvgIpc) is 2.91. The number of fused-ring (bicyclic) bond motifs is 5. The van der Waals surface area contributed by atoms with Gasteiger partial charge in [-0.25, -0.2) is 0 Å². The van der Waals surface area contributed by atoms with Crippen molar-refractivity contribution < 1.29 is 9.22 Å². The third kappa shape index (κ3) is 3.09. The smallest absolute Gasteiger partial charge is 0.192 e. The lowest BCUT2D eigenvalue weighted by atomic mass is 9.45. The second-order valence-corrected chi connectivity index (χ2v) is 17.6. The van der Waals surface area contributed by atoms with Crippen LogP contribution in [-0.4, -0.2) is 20.2 Å². The molecule has 0 aromatic rings. The van der Waals surface area contributed by atoms with E-state index in [1.54, 1.807) is 0 Å². The molecule has 4 saturated carbocycles. The van der Waals surface area contributed by atoms with Crippen LogP contribution in [0.5, 0.6) is 0 Å². The highest BCUT2D eigenvalue weighted by molar-refractivity contribution is 6.74. The van der Waals surface area contributed by atoms with Crippen molar-refractivity contribution in [2.24, 2.45) is 34.5 Å².